The molecule has 2 aromatic heterocycles. The molecule has 0 saturated heterocycles. The normalized spacial score (nSPS) is 12.2. The number of hydrogen-bond donors (Lipinski definition) is 0. The van der Waals surface area contributed by atoms with Gasteiger partial charge in [0, 0.05) is 60.0 Å². The number of benzene rings is 8. The Labute approximate surface area is 306 Å². The molecule has 0 fully saturated rings. The molecular weight excluding hydrogens is 651 g/mol. The lowest BCUT2D eigenvalue weighted by atomic mass is 9.83. The van der Waals surface area contributed by atoms with Crippen molar-refractivity contribution in [2.24, 2.45) is 0 Å². The van der Waals surface area contributed by atoms with Crippen LogP contribution in [0.25, 0.3) is 53.2 Å². The third kappa shape index (κ3) is 5.35. The molecule has 2 nitrogen and oxygen atoms in total. The summed E-state index contributed by atoms with van der Waals surface area (Å²) in [5.74, 6) is 0.0650. The molecule has 0 aliphatic rings. The van der Waals surface area contributed by atoms with Crippen LogP contribution < -0.4 is 4.90 Å². The highest BCUT2D eigenvalue weighted by Crippen LogP contribution is 2.43. The molecule has 0 amide bonds. The van der Waals surface area contributed by atoms with Crippen molar-refractivity contribution in [1.82, 2.24) is 0 Å². The van der Waals surface area contributed by atoms with E-state index in [0.29, 0.717) is 0 Å². The monoisotopic (exact) mass is 683 g/mol. The number of rotatable bonds is 7. The van der Waals surface area contributed by atoms with Gasteiger partial charge in [-0.15, -0.1) is 11.3 Å². The molecule has 1 unspecified atom stereocenters. The Morgan fingerprint density at radius 1 is 0.365 bits per heavy atom. The van der Waals surface area contributed by atoms with Crippen molar-refractivity contribution >= 4 is 70.5 Å². The lowest BCUT2D eigenvalue weighted by Crippen LogP contribution is -2.09. The van der Waals surface area contributed by atoms with Crippen LogP contribution in [0.5, 0.6) is 0 Å². The number of fused-ring (bicyclic) bond motifs is 6. The molecular formula is C49H33NOS. The maximum Gasteiger partial charge on any atom is 0.137 e. The summed E-state index contributed by atoms with van der Waals surface area (Å²) in [6.07, 6.45) is 0. The van der Waals surface area contributed by atoms with Crippen LogP contribution in [0.2, 0.25) is 0 Å². The first-order valence-corrected chi connectivity index (χ1v) is 18.5. The number of para-hydroxylation sites is 1. The van der Waals surface area contributed by atoms with Gasteiger partial charge in [0.05, 0.1) is 0 Å². The molecule has 0 radical (unpaired) electrons. The SMILES string of the molecule is c1ccc(-c2cccc(C(c3ccccc3)c3ccc4oc5cc(N(c6ccccc6)c6ccc7sc8ccccc8c7c6)ccc5c4c3)c2)cc1. The first-order valence-electron chi connectivity index (χ1n) is 17.7. The second-order valence-corrected chi connectivity index (χ2v) is 14.4. The van der Waals surface area contributed by atoms with Gasteiger partial charge >= 0.3 is 0 Å². The predicted molar refractivity (Wildman–Crippen MR) is 221 cm³/mol. The van der Waals surface area contributed by atoms with E-state index < -0.39 is 0 Å². The third-order valence-electron chi connectivity index (χ3n) is 10.2. The summed E-state index contributed by atoms with van der Waals surface area (Å²) < 4.78 is 9.23. The smallest absolute Gasteiger partial charge is 0.137 e. The molecule has 2 heterocycles. The van der Waals surface area contributed by atoms with Gasteiger partial charge < -0.3 is 9.32 Å². The van der Waals surface area contributed by atoms with Gasteiger partial charge in [-0.05, 0) is 88.5 Å². The summed E-state index contributed by atoms with van der Waals surface area (Å²) in [5.41, 5.74) is 11.2. The zero-order valence-electron chi connectivity index (χ0n) is 28.3. The average molecular weight is 684 g/mol. The summed E-state index contributed by atoms with van der Waals surface area (Å²) in [5, 5.41) is 4.80. The summed E-state index contributed by atoms with van der Waals surface area (Å²) in [6, 6.07) is 69.8. The molecule has 10 aromatic rings. The Balaban J connectivity index is 1.09. The fourth-order valence-electron chi connectivity index (χ4n) is 7.73. The van der Waals surface area contributed by atoms with E-state index in [1.54, 1.807) is 0 Å². The third-order valence-corrected chi connectivity index (χ3v) is 11.3. The van der Waals surface area contributed by atoms with Crippen LogP contribution in [0.3, 0.4) is 0 Å². The molecule has 3 heteroatoms. The van der Waals surface area contributed by atoms with Crippen molar-refractivity contribution in [3.63, 3.8) is 0 Å². The zero-order chi connectivity index (χ0) is 34.4. The minimum Gasteiger partial charge on any atom is -0.456 e. The second-order valence-electron chi connectivity index (χ2n) is 13.3. The van der Waals surface area contributed by atoms with Crippen LogP contribution in [0.4, 0.5) is 17.1 Å². The molecule has 0 spiro atoms. The highest BCUT2D eigenvalue weighted by molar-refractivity contribution is 7.25. The minimum absolute atomic E-state index is 0.0650. The van der Waals surface area contributed by atoms with E-state index in [1.807, 2.05) is 11.3 Å². The van der Waals surface area contributed by atoms with E-state index in [-0.39, 0.29) is 5.92 Å². The van der Waals surface area contributed by atoms with E-state index in [0.717, 1.165) is 39.0 Å². The maximum atomic E-state index is 6.63. The van der Waals surface area contributed by atoms with Gasteiger partial charge in [-0.2, -0.15) is 0 Å². The van der Waals surface area contributed by atoms with E-state index in [1.165, 1.54) is 48.0 Å². The molecule has 246 valence electrons. The van der Waals surface area contributed by atoms with Gasteiger partial charge in [-0.3, -0.25) is 0 Å². The first kappa shape index (κ1) is 30.4. The molecule has 10 rings (SSSR count). The molecule has 0 N–H and O–H groups in total. The minimum atomic E-state index is 0.0650. The topological polar surface area (TPSA) is 16.4 Å². The van der Waals surface area contributed by atoms with Gasteiger partial charge in [0.1, 0.15) is 11.2 Å². The Morgan fingerprint density at radius 3 is 1.87 bits per heavy atom. The lowest BCUT2D eigenvalue weighted by molar-refractivity contribution is 0.668. The van der Waals surface area contributed by atoms with E-state index in [4.69, 9.17) is 4.42 Å². The molecule has 0 aliphatic heterocycles. The van der Waals surface area contributed by atoms with Crippen LogP contribution in [0.1, 0.15) is 22.6 Å². The summed E-state index contributed by atoms with van der Waals surface area (Å²) >= 11 is 1.84. The van der Waals surface area contributed by atoms with E-state index in [9.17, 15) is 0 Å². The van der Waals surface area contributed by atoms with Crippen molar-refractivity contribution in [3.8, 4) is 11.1 Å². The van der Waals surface area contributed by atoms with Gasteiger partial charge in [-0.1, -0.05) is 127 Å². The van der Waals surface area contributed by atoms with Gasteiger partial charge in [0.25, 0.3) is 0 Å². The number of nitrogens with zero attached hydrogens (tertiary/aromatic N) is 1. The number of anilines is 3. The van der Waals surface area contributed by atoms with E-state index >= 15 is 0 Å². The standard InChI is InChI=1S/C49H33NOS/c1-4-13-33(14-5-1)35-17-12-18-36(29-35)49(34-15-6-2-7-16-34)37-23-27-45-43(30-37)41-26-24-40(32-46(41)51-45)50(38-19-8-3-9-20-38)39-25-28-48-44(31-39)42-21-10-11-22-47(42)52-48/h1-32,49H. The number of furan rings is 1. The summed E-state index contributed by atoms with van der Waals surface area (Å²) in [7, 11) is 0. The van der Waals surface area contributed by atoms with Crippen molar-refractivity contribution in [1.29, 1.82) is 0 Å². The maximum absolute atomic E-state index is 6.63. The van der Waals surface area contributed by atoms with Gasteiger partial charge in [0.2, 0.25) is 0 Å². The first-order chi connectivity index (χ1) is 25.8. The molecule has 1 atom stereocenters. The Kier molecular flexibility index (Phi) is 7.44. The Bertz CT molecular complexity index is 2850. The number of hydrogen-bond acceptors (Lipinski definition) is 3. The quantitative estimate of drug-likeness (QED) is 0.156. The highest BCUT2D eigenvalue weighted by Gasteiger charge is 2.21. The van der Waals surface area contributed by atoms with Crippen LogP contribution in [-0.4, -0.2) is 0 Å². The summed E-state index contributed by atoms with van der Waals surface area (Å²) in [4.78, 5) is 2.33. The van der Waals surface area contributed by atoms with Crippen molar-refractivity contribution < 1.29 is 4.42 Å². The van der Waals surface area contributed by atoms with Gasteiger partial charge in [-0.25, -0.2) is 0 Å². The van der Waals surface area contributed by atoms with Crippen LogP contribution in [-0.2, 0) is 0 Å². The molecule has 8 aromatic carbocycles. The zero-order valence-corrected chi connectivity index (χ0v) is 29.1. The van der Waals surface area contributed by atoms with Gasteiger partial charge in [0.15, 0.2) is 0 Å². The average Bonchev–Trinajstić information content (AvgIpc) is 3.77. The van der Waals surface area contributed by atoms with Crippen LogP contribution in [0.15, 0.2) is 199 Å². The Morgan fingerprint density at radius 2 is 1.02 bits per heavy atom. The van der Waals surface area contributed by atoms with Crippen LogP contribution >= 0.6 is 11.3 Å². The fourth-order valence-corrected chi connectivity index (χ4v) is 8.82. The molecule has 0 bridgehead atoms. The van der Waals surface area contributed by atoms with Crippen LogP contribution in [0, 0.1) is 0 Å². The van der Waals surface area contributed by atoms with Crippen molar-refractivity contribution in [2.45, 2.75) is 5.92 Å². The van der Waals surface area contributed by atoms with Crippen molar-refractivity contribution in [3.05, 3.63) is 211 Å². The second kappa shape index (κ2) is 12.7. The fraction of sp³-hybridized carbons (Fsp3) is 0.0204. The molecule has 0 aliphatic carbocycles. The highest BCUT2D eigenvalue weighted by atomic mass is 32.1. The van der Waals surface area contributed by atoms with Crippen molar-refractivity contribution in [2.75, 3.05) is 4.90 Å². The molecule has 0 saturated carbocycles. The van der Waals surface area contributed by atoms with E-state index in [2.05, 4.69) is 199 Å². The lowest BCUT2D eigenvalue weighted by Gasteiger charge is -2.25. The summed E-state index contributed by atoms with van der Waals surface area (Å²) in [6.45, 7) is 0. The Hall–Kier alpha value is -6.42. The largest absolute Gasteiger partial charge is 0.456 e. The molecule has 52 heavy (non-hydrogen) atoms. The number of thiophene rings is 1. The predicted octanol–water partition coefficient (Wildman–Crippen LogP) is 14.3.